The molecule has 0 aliphatic rings. The smallest absolute Gasteiger partial charge is 0.136 e. The number of aldehydes is 1. The summed E-state index contributed by atoms with van der Waals surface area (Å²) in [6, 6.07) is -0.137. The second kappa shape index (κ2) is 4.74. The molecule has 0 rings (SSSR count). The first-order chi connectivity index (χ1) is 3.81. The van der Waals surface area contributed by atoms with Crippen LogP contribution >= 0.6 is 0 Å². The Morgan fingerprint density at radius 3 is 2.88 bits per heavy atom. The quantitative estimate of drug-likeness (QED) is 0.472. The molecule has 0 heterocycles. The molecule has 0 saturated carbocycles. The van der Waals surface area contributed by atoms with Gasteiger partial charge in [0.1, 0.15) is 6.29 Å². The van der Waals surface area contributed by atoms with Crippen molar-refractivity contribution >= 4 is 6.29 Å². The highest BCUT2D eigenvalue weighted by Gasteiger charge is 1.93. The second-order valence-electron chi connectivity index (χ2n) is 1.60. The van der Waals surface area contributed by atoms with Gasteiger partial charge in [0.25, 0.3) is 0 Å². The van der Waals surface area contributed by atoms with E-state index < -0.39 is 0 Å². The van der Waals surface area contributed by atoms with Gasteiger partial charge in [0.2, 0.25) is 0 Å². The first-order valence-electron chi connectivity index (χ1n) is 2.60. The summed E-state index contributed by atoms with van der Waals surface area (Å²) in [6.07, 6.45) is 0.801. The van der Waals surface area contributed by atoms with E-state index in [9.17, 15) is 4.79 Å². The van der Waals surface area contributed by atoms with Crippen molar-refractivity contribution in [3.63, 3.8) is 0 Å². The number of hydrogen-bond donors (Lipinski definition) is 2. The van der Waals surface area contributed by atoms with Gasteiger partial charge in [0, 0.05) is 6.54 Å². The highest BCUT2D eigenvalue weighted by molar-refractivity contribution is 5.56. The monoisotopic (exact) mass is 117 g/mol. The summed E-state index contributed by atoms with van der Waals surface area (Å²) < 4.78 is 0. The van der Waals surface area contributed by atoms with Crippen molar-refractivity contribution in [1.29, 1.82) is 0 Å². The minimum atomic E-state index is -0.137. The molecule has 3 heteroatoms. The molecule has 1 unspecified atom stereocenters. The number of nitrogens with one attached hydrogen (secondary N) is 1. The van der Waals surface area contributed by atoms with Crippen LogP contribution < -0.4 is 5.32 Å². The van der Waals surface area contributed by atoms with Crippen LogP contribution in [0, 0.1) is 0 Å². The molecular formula is C5H11NO2. The van der Waals surface area contributed by atoms with Crippen molar-refractivity contribution in [3.8, 4) is 0 Å². The third kappa shape index (κ3) is 3.77. The number of aliphatic hydroxyl groups excluding tert-OH is 1. The van der Waals surface area contributed by atoms with Gasteiger partial charge in [0.05, 0.1) is 12.6 Å². The first kappa shape index (κ1) is 7.59. The van der Waals surface area contributed by atoms with Crippen LogP contribution in [0.2, 0.25) is 0 Å². The maximum atomic E-state index is 9.87. The molecule has 48 valence electrons. The van der Waals surface area contributed by atoms with E-state index in [1.165, 1.54) is 0 Å². The van der Waals surface area contributed by atoms with E-state index in [-0.39, 0.29) is 12.6 Å². The molecular weight excluding hydrogens is 106 g/mol. The van der Waals surface area contributed by atoms with E-state index >= 15 is 0 Å². The van der Waals surface area contributed by atoms with Gasteiger partial charge in [-0.3, -0.25) is 0 Å². The van der Waals surface area contributed by atoms with Crippen LogP contribution in [-0.4, -0.2) is 30.6 Å². The fourth-order valence-corrected chi connectivity index (χ4v) is 0.340. The van der Waals surface area contributed by atoms with E-state index in [1.54, 1.807) is 6.92 Å². The average Bonchev–Trinajstić information content (AvgIpc) is 1.83. The summed E-state index contributed by atoms with van der Waals surface area (Å²) in [7, 11) is 0. The molecule has 8 heavy (non-hydrogen) atoms. The highest BCUT2D eigenvalue weighted by Crippen LogP contribution is 1.69. The lowest BCUT2D eigenvalue weighted by Gasteiger charge is -2.02. The zero-order valence-corrected chi connectivity index (χ0v) is 4.92. The van der Waals surface area contributed by atoms with Gasteiger partial charge in [-0.1, -0.05) is 0 Å². The largest absolute Gasteiger partial charge is 0.395 e. The highest BCUT2D eigenvalue weighted by atomic mass is 16.3. The number of hydrogen-bond acceptors (Lipinski definition) is 3. The van der Waals surface area contributed by atoms with Crippen LogP contribution in [0.3, 0.4) is 0 Å². The molecule has 0 saturated heterocycles. The summed E-state index contributed by atoms with van der Waals surface area (Å²) in [6.45, 7) is 2.31. The molecule has 0 aromatic carbocycles. The Bertz CT molecular complexity index is 65.4. The molecule has 1 atom stereocenters. The fraction of sp³-hybridized carbons (Fsp3) is 0.800. The Morgan fingerprint density at radius 2 is 2.50 bits per heavy atom. The van der Waals surface area contributed by atoms with Crippen LogP contribution in [0.5, 0.6) is 0 Å². The molecule has 0 amide bonds. The van der Waals surface area contributed by atoms with Crippen molar-refractivity contribution in [2.24, 2.45) is 0 Å². The van der Waals surface area contributed by atoms with Crippen LogP contribution in [0.25, 0.3) is 0 Å². The number of carbonyl (C=O) groups excluding carboxylic acids is 1. The Balaban J connectivity index is 2.98. The van der Waals surface area contributed by atoms with Gasteiger partial charge >= 0.3 is 0 Å². The van der Waals surface area contributed by atoms with E-state index in [0.717, 1.165) is 6.29 Å². The molecule has 0 aliphatic heterocycles. The topological polar surface area (TPSA) is 49.3 Å². The van der Waals surface area contributed by atoms with Gasteiger partial charge in [0.15, 0.2) is 0 Å². The van der Waals surface area contributed by atoms with Crippen LogP contribution in [0.1, 0.15) is 6.92 Å². The predicted molar refractivity (Wildman–Crippen MR) is 30.6 cm³/mol. The zero-order chi connectivity index (χ0) is 6.41. The molecule has 0 spiro atoms. The summed E-state index contributed by atoms with van der Waals surface area (Å²) in [4.78, 5) is 9.87. The Hall–Kier alpha value is -0.410. The Kier molecular flexibility index (Phi) is 4.50. The van der Waals surface area contributed by atoms with Gasteiger partial charge in [-0.2, -0.15) is 0 Å². The average molecular weight is 117 g/mol. The summed E-state index contributed by atoms with van der Waals surface area (Å²) >= 11 is 0. The Morgan fingerprint density at radius 1 is 1.88 bits per heavy atom. The van der Waals surface area contributed by atoms with E-state index in [4.69, 9.17) is 5.11 Å². The molecule has 0 aliphatic carbocycles. The third-order valence-corrected chi connectivity index (χ3v) is 0.782. The standard InChI is InChI=1S/C5H11NO2/c1-5(4-8)6-2-3-7/h4-7H,2-3H2,1H3. The Labute approximate surface area is 48.7 Å². The lowest BCUT2D eigenvalue weighted by atomic mass is 10.4. The van der Waals surface area contributed by atoms with E-state index in [0.29, 0.717) is 6.54 Å². The number of rotatable bonds is 4. The van der Waals surface area contributed by atoms with Crippen molar-refractivity contribution in [1.82, 2.24) is 5.32 Å². The summed E-state index contributed by atoms with van der Waals surface area (Å²) in [5.41, 5.74) is 0. The molecule has 0 aromatic heterocycles. The van der Waals surface area contributed by atoms with Crippen LogP contribution in [0.15, 0.2) is 0 Å². The maximum Gasteiger partial charge on any atom is 0.136 e. The zero-order valence-electron chi connectivity index (χ0n) is 4.92. The maximum absolute atomic E-state index is 9.87. The van der Waals surface area contributed by atoms with Gasteiger partial charge < -0.3 is 15.2 Å². The second-order valence-corrected chi connectivity index (χ2v) is 1.60. The SMILES string of the molecule is CC(C=O)NCCO. The molecule has 0 aromatic rings. The van der Waals surface area contributed by atoms with Gasteiger partial charge in [-0.05, 0) is 6.92 Å². The van der Waals surface area contributed by atoms with Crippen molar-refractivity contribution < 1.29 is 9.90 Å². The molecule has 0 bridgehead atoms. The van der Waals surface area contributed by atoms with Crippen molar-refractivity contribution in [2.45, 2.75) is 13.0 Å². The van der Waals surface area contributed by atoms with Crippen molar-refractivity contribution in [3.05, 3.63) is 0 Å². The lowest BCUT2D eigenvalue weighted by molar-refractivity contribution is -0.109. The van der Waals surface area contributed by atoms with Crippen LogP contribution in [-0.2, 0) is 4.79 Å². The first-order valence-corrected chi connectivity index (χ1v) is 2.60. The predicted octanol–water partition coefficient (Wildman–Crippen LogP) is -0.844. The fourth-order valence-electron chi connectivity index (χ4n) is 0.340. The minimum Gasteiger partial charge on any atom is -0.395 e. The van der Waals surface area contributed by atoms with Gasteiger partial charge in [-0.25, -0.2) is 0 Å². The lowest BCUT2D eigenvalue weighted by Crippen LogP contribution is -2.29. The molecule has 2 N–H and O–H groups in total. The van der Waals surface area contributed by atoms with E-state index in [2.05, 4.69) is 5.32 Å². The summed E-state index contributed by atoms with van der Waals surface area (Å²) in [5, 5.41) is 11.0. The third-order valence-electron chi connectivity index (χ3n) is 0.782. The van der Waals surface area contributed by atoms with Gasteiger partial charge in [-0.15, -0.1) is 0 Å². The summed E-state index contributed by atoms with van der Waals surface area (Å²) in [5.74, 6) is 0. The molecule has 0 fully saturated rings. The number of aliphatic hydroxyl groups is 1. The number of carbonyl (C=O) groups is 1. The molecule has 0 radical (unpaired) electrons. The van der Waals surface area contributed by atoms with Crippen molar-refractivity contribution in [2.75, 3.05) is 13.2 Å². The minimum absolute atomic E-state index is 0.0815. The van der Waals surface area contributed by atoms with Crippen LogP contribution in [0.4, 0.5) is 0 Å². The molecule has 3 nitrogen and oxygen atoms in total. The normalized spacial score (nSPS) is 13.2. The van der Waals surface area contributed by atoms with E-state index in [1.807, 2.05) is 0 Å².